The second kappa shape index (κ2) is 24.1. The molecule has 0 aromatic heterocycles. The summed E-state index contributed by atoms with van der Waals surface area (Å²) in [6, 6.07) is 0. The van der Waals surface area contributed by atoms with Crippen LogP contribution < -0.4 is 145 Å². The molecule has 22 valence electrons. The minimum Gasteiger partial charge on any atom is -1.00 e. The first-order valence-corrected chi connectivity index (χ1v) is 0. The van der Waals surface area contributed by atoms with E-state index >= 15 is 0 Å². The van der Waals surface area contributed by atoms with Gasteiger partial charge in [0.2, 0.25) is 0 Å². The Balaban J connectivity index is 0. The fourth-order valence-corrected chi connectivity index (χ4v) is 0. The van der Waals surface area contributed by atoms with Crippen molar-refractivity contribution >= 4 is 0 Å². The smallest absolute Gasteiger partial charge is 1.00 e. The van der Waals surface area contributed by atoms with Crippen LogP contribution >= 0.6 is 0 Å². The Bertz CT molecular complexity index is 15.2. The van der Waals surface area contributed by atoms with E-state index in [0.29, 0.717) is 0 Å². The van der Waals surface area contributed by atoms with Gasteiger partial charge in [-0.15, -0.1) is 0 Å². The maximum Gasteiger partial charge on any atom is 1.00 e. The first kappa shape index (κ1) is 35.1. The molecule has 0 rings (SSSR count). The van der Waals surface area contributed by atoms with E-state index in [1.54, 1.807) is 0 Å². The predicted molar refractivity (Wildman–Crippen MR) is 13.4 cm³/mol. The van der Waals surface area contributed by atoms with Crippen LogP contribution in [0.3, 0.4) is 0 Å². The van der Waals surface area contributed by atoms with Crippen molar-refractivity contribution in [1.29, 1.82) is 0 Å². The second-order valence-corrected chi connectivity index (χ2v) is 0. The van der Waals surface area contributed by atoms with E-state index in [9.17, 15) is 0 Å². The molecule has 0 aliphatic heterocycles. The number of rotatable bonds is 0. The monoisotopic (exact) mass is 138 g/mol. The van der Waals surface area contributed by atoms with Crippen LogP contribution in [0.1, 0.15) is 4.28 Å². The third-order valence-corrected chi connectivity index (χ3v) is 0. The van der Waals surface area contributed by atoms with Gasteiger partial charge in [0.15, 0.2) is 0 Å². The third kappa shape index (κ3) is 17.9. The maximum atomic E-state index is 0. The Labute approximate surface area is 144 Å². The third-order valence-electron chi connectivity index (χ3n) is 0. The zero-order chi connectivity index (χ0) is 0. The van der Waals surface area contributed by atoms with Gasteiger partial charge in [0, 0.05) is 0 Å². The molecule has 0 bridgehead atoms. The van der Waals surface area contributed by atoms with Gasteiger partial charge in [-0.3, -0.25) is 0 Å². The van der Waals surface area contributed by atoms with Gasteiger partial charge in [-0.25, -0.2) is 0 Å². The molecule has 0 aromatic carbocycles. The van der Waals surface area contributed by atoms with Crippen LogP contribution in [0.2, 0.25) is 0 Å². The fourth-order valence-electron chi connectivity index (χ4n) is 0. The molecular formula is H9K2N2Na. The number of hydrogen-bond donors (Lipinski definition) is 2. The van der Waals surface area contributed by atoms with Gasteiger partial charge in [-0.2, -0.15) is 0 Å². The summed E-state index contributed by atoms with van der Waals surface area (Å²) in [7, 11) is 0. The van der Waals surface area contributed by atoms with E-state index in [4.69, 9.17) is 0 Å². The largest absolute Gasteiger partial charge is 1.00 e. The maximum absolute atomic E-state index is 0. The minimum atomic E-state index is 0. The predicted octanol–water partition coefficient (Wildman–Crippen LogP) is -8.33. The molecule has 2 nitrogen and oxygen atoms in total. The molecule has 0 aromatic rings. The molecule has 6 N–H and O–H groups in total. The summed E-state index contributed by atoms with van der Waals surface area (Å²) >= 11 is 0. The molecule has 0 atom stereocenters. The normalized spacial score (nSPS) is 0. The molecule has 0 saturated carbocycles. The van der Waals surface area contributed by atoms with Gasteiger partial charge < -0.3 is 16.6 Å². The molecule has 0 heterocycles. The van der Waals surface area contributed by atoms with Gasteiger partial charge in [0.05, 0.1) is 0 Å². The van der Waals surface area contributed by atoms with Crippen LogP contribution in [0.4, 0.5) is 0 Å². The van der Waals surface area contributed by atoms with E-state index in [-0.39, 0.29) is 149 Å². The Morgan fingerprint density at radius 2 is 0.800 bits per heavy atom. The van der Waals surface area contributed by atoms with Gasteiger partial charge in [-0.05, 0) is 0 Å². The van der Waals surface area contributed by atoms with Crippen LogP contribution in [0.15, 0.2) is 0 Å². The Kier molecular flexibility index (Phi) is 169. The summed E-state index contributed by atoms with van der Waals surface area (Å²) in [6.45, 7) is 0. The molecule has 0 radical (unpaired) electrons. The topological polar surface area (TPSA) is 70.0 Å². The molecular weight excluding hydrogens is 129 g/mol. The summed E-state index contributed by atoms with van der Waals surface area (Å²) in [4.78, 5) is 0. The molecule has 0 saturated heterocycles. The molecule has 0 spiro atoms. The van der Waals surface area contributed by atoms with Crippen molar-refractivity contribution in [3.05, 3.63) is 0 Å². The van der Waals surface area contributed by atoms with Crippen molar-refractivity contribution in [3.63, 3.8) is 0 Å². The van der Waals surface area contributed by atoms with Crippen molar-refractivity contribution in [1.82, 2.24) is 12.3 Å². The van der Waals surface area contributed by atoms with E-state index in [0.717, 1.165) is 0 Å². The fraction of sp³-hybridized carbons (Fsp3) is 0. The van der Waals surface area contributed by atoms with Crippen LogP contribution in [0.5, 0.6) is 0 Å². The first-order valence-electron chi connectivity index (χ1n) is 0. The van der Waals surface area contributed by atoms with E-state index in [1.807, 2.05) is 0 Å². The average molecular weight is 138 g/mol. The van der Waals surface area contributed by atoms with Crippen LogP contribution in [0, 0.1) is 0 Å². The Hall–Kier alpha value is 4.19. The molecule has 0 aliphatic rings. The standard InChI is InChI=1S/2K.2H3N.Na.3H/h;;2*1H3;;;;/q2*+1;;;+1;3*-1. The van der Waals surface area contributed by atoms with Crippen LogP contribution in [0.25, 0.3) is 0 Å². The molecule has 0 amide bonds. The summed E-state index contributed by atoms with van der Waals surface area (Å²) in [6.07, 6.45) is 0. The van der Waals surface area contributed by atoms with Crippen molar-refractivity contribution < 1.29 is 137 Å². The van der Waals surface area contributed by atoms with Crippen molar-refractivity contribution in [2.45, 2.75) is 0 Å². The summed E-state index contributed by atoms with van der Waals surface area (Å²) < 4.78 is 0. The average Bonchev–Trinajstić information content (AvgIpc) is 0. The summed E-state index contributed by atoms with van der Waals surface area (Å²) in [5, 5.41) is 0. The zero-order valence-electron chi connectivity index (χ0n) is 7.41. The first-order chi connectivity index (χ1) is 0. The van der Waals surface area contributed by atoms with E-state index in [1.165, 1.54) is 0 Å². The zero-order valence-corrected chi connectivity index (χ0v) is 12.7. The molecule has 5 heteroatoms. The van der Waals surface area contributed by atoms with Gasteiger partial charge >= 0.3 is 132 Å². The quantitative estimate of drug-likeness (QED) is 0.326. The SMILES string of the molecule is N.N.[H-].[H-].[H-].[K+].[K+].[Na+]. The van der Waals surface area contributed by atoms with Crippen molar-refractivity contribution in [2.75, 3.05) is 0 Å². The second-order valence-electron chi connectivity index (χ2n) is 0. The summed E-state index contributed by atoms with van der Waals surface area (Å²) in [5.41, 5.74) is 0. The van der Waals surface area contributed by atoms with Gasteiger partial charge in [-0.1, -0.05) is 0 Å². The van der Waals surface area contributed by atoms with E-state index < -0.39 is 0 Å². The molecule has 0 aliphatic carbocycles. The minimum absolute atomic E-state index is 0. The molecule has 5 heavy (non-hydrogen) atoms. The number of hydrogen-bond acceptors (Lipinski definition) is 2. The van der Waals surface area contributed by atoms with Gasteiger partial charge in [0.25, 0.3) is 0 Å². The van der Waals surface area contributed by atoms with Gasteiger partial charge in [0.1, 0.15) is 0 Å². The molecule has 0 unspecified atom stereocenters. The van der Waals surface area contributed by atoms with Crippen molar-refractivity contribution in [2.24, 2.45) is 0 Å². The Morgan fingerprint density at radius 1 is 0.800 bits per heavy atom. The molecule has 0 fully saturated rings. The Morgan fingerprint density at radius 3 is 0.800 bits per heavy atom. The summed E-state index contributed by atoms with van der Waals surface area (Å²) in [5.74, 6) is 0. The van der Waals surface area contributed by atoms with Crippen LogP contribution in [-0.4, -0.2) is 0 Å². The van der Waals surface area contributed by atoms with E-state index in [2.05, 4.69) is 0 Å². The van der Waals surface area contributed by atoms with Crippen LogP contribution in [-0.2, 0) is 0 Å². The van der Waals surface area contributed by atoms with Crippen molar-refractivity contribution in [3.8, 4) is 0 Å².